The maximum Gasteiger partial charge on any atom is 0.338 e. The van der Waals surface area contributed by atoms with Gasteiger partial charge in [-0.15, -0.1) is 0 Å². The summed E-state index contributed by atoms with van der Waals surface area (Å²) in [4.78, 5) is 11.8. The fourth-order valence-electron chi connectivity index (χ4n) is 1.87. The molecule has 20 heavy (non-hydrogen) atoms. The molecular formula is C15H11F3O2. The van der Waals surface area contributed by atoms with Crippen molar-refractivity contribution < 1.29 is 22.7 Å². The molecule has 0 unspecified atom stereocenters. The van der Waals surface area contributed by atoms with E-state index in [-0.39, 0.29) is 23.3 Å². The molecule has 5 heteroatoms. The second kappa shape index (κ2) is 5.77. The van der Waals surface area contributed by atoms with Crippen molar-refractivity contribution in [1.82, 2.24) is 0 Å². The zero-order valence-corrected chi connectivity index (χ0v) is 10.6. The van der Waals surface area contributed by atoms with Gasteiger partial charge in [-0.05, 0) is 25.1 Å². The molecule has 2 rings (SSSR count). The Labute approximate surface area is 113 Å². The summed E-state index contributed by atoms with van der Waals surface area (Å²) >= 11 is 0. The zero-order chi connectivity index (χ0) is 14.7. The van der Waals surface area contributed by atoms with Crippen LogP contribution in [0.5, 0.6) is 0 Å². The van der Waals surface area contributed by atoms with Crippen LogP contribution in [0, 0.1) is 17.5 Å². The molecule has 0 aromatic heterocycles. The first kappa shape index (κ1) is 14.1. The Morgan fingerprint density at radius 3 is 2.40 bits per heavy atom. The van der Waals surface area contributed by atoms with Gasteiger partial charge in [0.1, 0.15) is 5.82 Å². The maximum atomic E-state index is 14.0. The van der Waals surface area contributed by atoms with Crippen LogP contribution in [0.2, 0.25) is 0 Å². The molecule has 0 fully saturated rings. The summed E-state index contributed by atoms with van der Waals surface area (Å²) in [5.41, 5.74) is -0.759. The van der Waals surface area contributed by atoms with E-state index in [0.717, 1.165) is 12.1 Å². The first-order valence-corrected chi connectivity index (χ1v) is 5.96. The van der Waals surface area contributed by atoms with Crippen molar-refractivity contribution in [3.63, 3.8) is 0 Å². The van der Waals surface area contributed by atoms with Gasteiger partial charge in [0.05, 0.1) is 12.2 Å². The lowest BCUT2D eigenvalue weighted by atomic mass is 9.98. The van der Waals surface area contributed by atoms with Crippen LogP contribution in [0.1, 0.15) is 17.3 Å². The third-order valence-electron chi connectivity index (χ3n) is 2.73. The fourth-order valence-corrected chi connectivity index (χ4v) is 1.87. The first-order chi connectivity index (χ1) is 9.56. The van der Waals surface area contributed by atoms with Gasteiger partial charge in [-0.1, -0.05) is 18.2 Å². The second-order valence-electron chi connectivity index (χ2n) is 3.98. The zero-order valence-electron chi connectivity index (χ0n) is 10.6. The minimum Gasteiger partial charge on any atom is -0.462 e. The fraction of sp³-hybridized carbons (Fsp3) is 0.133. The molecule has 0 aliphatic heterocycles. The van der Waals surface area contributed by atoms with Crippen LogP contribution < -0.4 is 0 Å². The normalized spacial score (nSPS) is 10.4. The lowest BCUT2D eigenvalue weighted by molar-refractivity contribution is 0.0527. The largest absolute Gasteiger partial charge is 0.462 e. The van der Waals surface area contributed by atoms with Gasteiger partial charge < -0.3 is 4.74 Å². The maximum absolute atomic E-state index is 14.0. The molecule has 2 aromatic carbocycles. The van der Waals surface area contributed by atoms with E-state index < -0.39 is 23.4 Å². The standard InChI is InChI=1S/C15H11F3O2/c1-2-20-15(19)10-6-4-7-11(16)13(10)9-5-3-8-12(17)14(9)18/h3-8H,2H2,1H3. The van der Waals surface area contributed by atoms with E-state index in [1.54, 1.807) is 6.92 Å². The van der Waals surface area contributed by atoms with Gasteiger partial charge in [0.25, 0.3) is 0 Å². The van der Waals surface area contributed by atoms with Gasteiger partial charge in [0, 0.05) is 11.1 Å². The summed E-state index contributed by atoms with van der Waals surface area (Å²) < 4.78 is 45.8. The highest BCUT2D eigenvalue weighted by Gasteiger charge is 2.21. The predicted molar refractivity (Wildman–Crippen MR) is 67.7 cm³/mol. The molecule has 0 saturated carbocycles. The van der Waals surface area contributed by atoms with Gasteiger partial charge in [-0.3, -0.25) is 0 Å². The number of hydrogen-bond donors (Lipinski definition) is 0. The number of carbonyl (C=O) groups excluding carboxylic acids is 1. The highest BCUT2D eigenvalue weighted by atomic mass is 19.2. The van der Waals surface area contributed by atoms with E-state index in [4.69, 9.17) is 4.74 Å². The van der Waals surface area contributed by atoms with Crippen molar-refractivity contribution in [3.05, 3.63) is 59.4 Å². The SMILES string of the molecule is CCOC(=O)c1cccc(F)c1-c1cccc(F)c1F. The molecule has 2 aromatic rings. The molecule has 0 radical (unpaired) electrons. The summed E-state index contributed by atoms with van der Waals surface area (Å²) in [6.45, 7) is 1.69. The topological polar surface area (TPSA) is 26.3 Å². The third-order valence-corrected chi connectivity index (χ3v) is 2.73. The van der Waals surface area contributed by atoms with Crippen LogP contribution in [-0.4, -0.2) is 12.6 Å². The Balaban J connectivity index is 2.67. The number of hydrogen-bond acceptors (Lipinski definition) is 2. The molecule has 0 atom stereocenters. The van der Waals surface area contributed by atoms with Gasteiger partial charge in [0.15, 0.2) is 11.6 Å². The summed E-state index contributed by atoms with van der Waals surface area (Å²) in [5, 5.41) is 0. The van der Waals surface area contributed by atoms with Crippen LogP contribution in [0.4, 0.5) is 13.2 Å². The van der Waals surface area contributed by atoms with E-state index in [1.807, 2.05) is 0 Å². The lowest BCUT2D eigenvalue weighted by Gasteiger charge is -2.11. The highest BCUT2D eigenvalue weighted by molar-refractivity contribution is 5.97. The van der Waals surface area contributed by atoms with Crippen LogP contribution in [0.15, 0.2) is 36.4 Å². The summed E-state index contributed by atoms with van der Waals surface area (Å²) in [6, 6.07) is 7.06. The molecule has 0 spiro atoms. The molecular weight excluding hydrogens is 269 g/mol. The van der Waals surface area contributed by atoms with E-state index in [0.29, 0.717) is 0 Å². The molecule has 0 heterocycles. The molecule has 2 nitrogen and oxygen atoms in total. The first-order valence-electron chi connectivity index (χ1n) is 5.96. The van der Waals surface area contributed by atoms with Gasteiger partial charge in [-0.25, -0.2) is 18.0 Å². The van der Waals surface area contributed by atoms with Crippen LogP contribution in [-0.2, 0) is 4.74 Å². The average Bonchev–Trinajstić information content (AvgIpc) is 2.42. The highest BCUT2D eigenvalue weighted by Crippen LogP contribution is 2.30. The van der Waals surface area contributed by atoms with Crippen molar-refractivity contribution in [1.29, 1.82) is 0 Å². The van der Waals surface area contributed by atoms with E-state index >= 15 is 0 Å². The Morgan fingerprint density at radius 2 is 1.70 bits per heavy atom. The number of halogens is 3. The number of benzene rings is 2. The monoisotopic (exact) mass is 280 g/mol. The number of carbonyl (C=O) groups is 1. The third kappa shape index (κ3) is 2.52. The Bertz CT molecular complexity index is 654. The van der Waals surface area contributed by atoms with Crippen LogP contribution in [0.25, 0.3) is 11.1 Å². The Morgan fingerprint density at radius 1 is 1.05 bits per heavy atom. The van der Waals surface area contributed by atoms with Crippen molar-refractivity contribution >= 4 is 5.97 Å². The summed E-state index contributed by atoms with van der Waals surface area (Å²) in [5.74, 6) is -3.92. The predicted octanol–water partition coefficient (Wildman–Crippen LogP) is 3.95. The van der Waals surface area contributed by atoms with Crippen molar-refractivity contribution in [3.8, 4) is 11.1 Å². The lowest BCUT2D eigenvalue weighted by Crippen LogP contribution is -2.08. The molecule has 104 valence electrons. The number of esters is 1. The van der Waals surface area contributed by atoms with Crippen molar-refractivity contribution in [2.75, 3.05) is 6.61 Å². The average molecular weight is 280 g/mol. The van der Waals surface area contributed by atoms with E-state index in [9.17, 15) is 18.0 Å². The van der Waals surface area contributed by atoms with Crippen molar-refractivity contribution in [2.24, 2.45) is 0 Å². The van der Waals surface area contributed by atoms with Gasteiger partial charge >= 0.3 is 5.97 Å². The second-order valence-corrected chi connectivity index (χ2v) is 3.98. The molecule has 0 saturated heterocycles. The number of ether oxygens (including phenoxy) is 1. The summed E-state index contributed by atoms with van der Waals surface area (Å²) in [7, 11) is 0. The Kier molecular flexibility index (Phi) is 4.08. The van der Waals surface area contributed by atoms with Gasteiger partial charge in [0.2, 0.25) is 0 Å². The molecule has 0 aliphatic rings. The van der Waals surface area contributed by atoms with Crippen LogP contribution >= 0.6 is 0 Å². The molecule has 0 N–H and O–H groups in total. The summed E-state index contributed by atoms with van der Waals surface area (Å²) in [6.07, 6.45) is 0. The molecule has 0 bridgehead atoms. The minimum atomic E-state index is -1.21. The van der Waals surface area contributed by atoms with Crippen LogP contribution in [0.3, 0.4) is 0 Å². The molecule has 0 amide bonds. The van der Waals surface area contributed by atoms with Gasteiger partial charge in [-0.2, -0.15) is 0 Å². The van der Waals surface area contributed by atoms with E-state index in [2.05, 4.69) is 0 Å². The van der Waals surface area contributed by atoms with E-state index in [1.165, 1.54) is 24.3 Å². The quantitative estimate of drug-likeness (QED) is 0.796. The Hall–Kier alpha value is -2.30. The van der Waals surface area contributed by atoms with Crippen molar-refractivity contribution in [2.45, 2.75) is 6.92 Å². The number of rotatable bonds is 3. The molecule has 0 aliphatic carbocycles. The smallest absolute Gasteiger partial charge is 0.338 e. The minimum absolute atomic E-state index is 0.0976.